The van der Waals surface area contributed by atoms with Gasteiger partial charge in [-0.25, -0.2) is 19.9 Å². The summed E-state index contributed by atoms with van der Waals surface area (Å²) in [5.41, 5.74) is 3.11. The Labute approximate surface area is 201 Å². The first kappa shape index (κ1) is 22.9. The summed E-state index contributed by atoms with van der Waals surface area (Å²) in [6, 6.07) is 9.46. The number of aromatic nitrogens is 6. The number of carbonyl (C=O) groups is 1. The number of alkyl halides is 3. The normalized spacial score (nSPS) is 11.4. The van der Waals surface area contributed by atoms with E-state index >= 15 is 0 Å². The molecule has 0 aliphatic heterocycles. The number of aryl methyl sites for hydroxylation is 1. The topological polar surface area (TPSA) is 121 Å². The van der Waals surface area contributed by atoms with Gasteiger partial charge in [0.2, 0.25) is 0 Å². The highest BCUT2D eigenvalue weighted by molar-refractivity contribution is 6.04. The Bertz CT molecular complexity index is 1580. The first-order chi connectivity index (χ1) is 17.3. The van der Waals surface area contributed by atoms with Gasteiger partial charge >= 0.3 is 6.18 Å². The lowest BCUT2D eigenvalue weighted by atomic mass is 10.1. The van der Waals surface area contributed by atoms with E-state index in [-0.39, 0.29) is 5.56 Å². The van der Waals surface area contributed by atoms with Gasteiger partial charge in [0.25, 0.3) is 5.91 Å². The van der Waals surface area contributed by atoms with Crippen LogP contribution in [-0.2, 0) is 6.18 Å². The quantitative estimate of drug-likeness (QED) is 0.312. The van der Waals surface area contributed by atoms with Gasteiger partial charge in [0.1, 0.15) is 23.4 Å². The third-order valence-electron chi connectivity index (χ3n) is 5.36. The van der Waals surface area contributed by atoms with Crippen LogP contribution in [0.1, 0.15) is 21.5 Å². The monoisotopic (exact) mass is 490 g/mol. The Kier molecular flexibility index (Phi) is 5.76. The zero-order valence-corrected chi connectivity index (χ0v) is 18.6. The van der Waals surface area contributed by atoms with Crippen LogP contribution in [0.5, 0.6) is 0 Å². The molecule has 9 nitrogen and oxygen atoms in total. The number of hydrogen-bond acceptors (Lipinski definition) is 7. The van der Waals surface area contributed by atoms with Gasteiger partial charge in [-0.05, 0) is 42.8 Å². The summed E-state index contributed by atoms with van der Waals surface area (Å²) in [7, 11) is 0. The molecule has 0 radical (unpaired) electrons. The zero-order valence-electron chi connectivity index (χ0n) is 18.6. The zero-order chi connectivity index (χ0) is 25.3. The molecule has 0 unspecified atom stereocenters. The summed E-state index contributed by atoms with van der Waals surface area (Å²) in [6.45, 7) is 1.87. The SMILES string of the molecule is Cc1ccc(NC(=O)c2cncc(C(F)(F)F)c2)cc1Nc1ncccc1-c1ncnc2nc[nH]c12. The summed E-state index contributed by atoms with van der Waals surface area (Å²) in [4.78, 5) is 36.3. The Morgan fingerprint density at radius 2 is 1.89 bits per heavy atom. The van der Waals surface area contributed by atoms with Crippen molar-refractivity contribution in [3.05, 3.63) is 84.3 Å². The van der Waals surface area contributed by atoms with Crippen LogP contribution in [0, 0.1) is 6.92 Å². The van der Waals surface area contributed by atoms with Gasteiger partial charge in [0.15, 0.2) is 5.65 Å². The van der Waals surface area contributed by atoms with E-state index in [2.05, 4.69) is 40.5 Å². The maximum atomic E-state index is 13.0. The molecule has 0 fully saturated rings. The minimum atomic E-state index is -4.60. The highest BCUT2D eigenvalue weighted by atomic mass is 19.4. The fourth-order valence-corrected chi connectivity index (χ4v) is 3.55. The number of hydrogen-bond donors (Lipinski definition) is 3. The van der Waals surface area contributed by atoms with Gasteiger partial charge in [-0.15, -0.1) is 0 Å². The summed E-state index contributed by atoms with van der Waals surface area (Å²) < 4.78 is 39.0. The van der Waals surface area contributed by atoms with Gasteiger partial charge in [0, 0.05) is 35.5 Å². The predicted octanol–water partition coefficient (Wildman–Crippen LogP) is 5.13. The van der Waals surface area contributed by atoms with Gasteiger partial charge in [-0.3, -0.25) is 9.78 Å². The number of halogens is 3. The molecular formula is C24H17F3N8O. The van der Waals surface area contributed by atoms with Gasteiger partial charge in [-0.2, -0.15) is 13.2 Å². The van der Waals surface area contributed by atoms with E-state index in [1.807, 2.05) is 13.0 Å². The Morgan fingerprint density at radius 1 is 1.03 bits per heavy atom. The molecule has 4 heterocycles. The molecule has 12 heteroatoms. The van der Waals surface area contributed by atoms with Crippen molar-refractivity contribution in [1.82, 2.24) is 29.9 Å². The minimum Gasteiger partial charge on any atom is -0.341 e. The predicted molar refractivity (Wildman–Crippen MR) is 127 cm³/mol. The molecule has 1 amide bonds. The number of pyridine rings is 2. The molecular weight excluding hydrogens is 473 g/mol. The Balaban J connectivity index is 1.43. The van der Waals surface area contributed by atoms with Gasteiger partial charge < -0.3 is 15.6 Å². The third-order valence-corrected chi connectivity index (χ3v) is 5.36. The van der Waals surface area contributed by atoms with E-state index in [0.717, 1.165) is 17.8 Å². The van der Waals surface area contributed by atoms with Crippen molar-refractivity contribution in [2.24, 2.45) is 0 Å². The van der Waals surface area contributed by atoms with Crippen LogP contribution in [0.25, 0.3) is 22.4 Å². The molecule has 0 bridgehead atoms. The van der Waals surface area contributed by atoms with Crippen molar-refractivity contribution in [3.63, 3.8) is 0 Å². The number of aromatic amines is 1. The standard InChI is InChI=1S/C24H17F3N8O/c1-13-4-5-16(34-23(36)14-7-15(10-28-9-14)24(25,26)27)8-18(13)35-21-17(3-2-6-29-21)19-20-22(32-11-30-19)33-12-31-20/h2-12H,1H3,(H,29,35)(H,34,36)(H,30,31,32,33). The number of anilines is 3. The smallest absolute Gasteiger partial charge is 0.341 e. The first-order valence-corrected chi connectivity index (χ1v) is 10.6. The summed E-state index contributed by atoms with van der Waals surface area (Å²) in [6.07, 6.45) is 1.72. The van der Waals surface area contributed by atoms with E-state index in [4.69, 9.17) is 0 Å². The molecule has 3 N–H and O–H groups in total. The number of amides is 1. The molecule has 0 aliphatic rings. The van der Waals surface area contributed by atoms with Crippen LogP contribution in [0.15, 0.2) is 67.6 Å². The lowest BCUT2D eigenvalue weighted by Gasteiger charge is -2.15. The van der Waals surface area contributed by atoms with Crippen molar-refractivity contribution in [3.8, 4) is 11.3 Å². The molecule has 36 heavy (non-hydrogen) atoms. The first-order valence-electron chi connectivity index (χ1n) is 10.6. The molecule has 0 atom stereocenters. The number of H-pyrrole nitrogens is 1. The van der Waals surface area contributed by atoms with Crippen LogP contribution in [0.2, 0.25) is 0 Å². The van der Waals surface area contributed by atoms with E-state index in [1.165, 1.54) is 12.7 Å². The second kappa shape index (κ2) is 9.06. The minimum absolute atomic E-state index is 0.209. The summed E-state index contributed by atoms with van der Waals surface area (Å²) in [5.74, 6) is -0.217. The molecule has 4 aromatic heterocycles. The molecule has 5 aromatic rings. The van der Waals surface area contributed by atoms with Crippen molar-refractivity contribution in [2.75, 3.05) is 10.6 Å². The second-order valence-electron chi connectivity index (χ2n) is 7.79. The lowest BCUT2D eigenvalue weighted by molar-refractivity contribution is -0.137. The Morgan fingerprint density at radius 3 is 2.72 bits per heavy atom. The van der Waals surface area contributed by atoms with E-state index in [1.54, 1.807) is 30.5 Å². The molecule has 5 rings (SSSR count). The van der Waals surface area contributed by atoms with E-state index in [9.17, 15) is 18.0 Å². The number of nitrogens with one attached hydrogen (secondary N) is 3. The molecule has 180 valence electrons. The number of imidazole rings is 1. The van der Waals surface area contributed by atoms with E-state index < -0.39 is 17.6 Å². The average Bonchev–Trinajstić information content (AvgIpc) is 3.35. The molecule has 0 saturated carbocycles. The van der Waals surface area contributed by atoms with Crippen molar-refractivity contribution in [1.29, 1.82) is 0 Å². The number of carbonyl (C=O) groups excluding carboxylic acids is 1. The number of rotatable bonds is 5. The molecule has 0 spiro atoms. The fraction of sp³-hybridized carbons (Fsp3) is 0.0833. The third kappa shape index (κ3) is 4.56. The van der Waals surface area contributed by atoms with Gasteiger partial charge in [0.05, 0.1) is 17.5 Å². The van der Waals surface area contributed by atoms with Crippen LogP contribution >= 0.6 is 0 Å². The van der Waals surface area contributed by atoms with E-state index in [0.29, 0.717) is 45.8 Å². The maximum absolute atomic E-state index is 13.0. The number of nitrogens with zero attached hydrogens (tertiary/aromatic N) is 5. The lowest BCUT2D eigenvalue weighted by Crippen LogP contribution is -2.14. The maximum Gasteiger partial charge on any atom is 0.417 e. The van der Waals surface area contributed by atoms with Crippen molar-refractivity contribution in [2.45, 2.75) is 13.1 Å². The largest absolute Gasteiger partial charge is 0.417 e. The van der Waals surface area contributed by atoms with Crippen molar-refractivity contribution < 1.29 is 18.0 Å². The van der Waals surface area contributed by atoms with Crippen LogP contribution in [0.3, 0.4) is 0 Å². The highest BCUT2D eigenvalue weighted by Crippen LogP contribution is 2.32. The summed E-state index contributed by atoms with van der Waals surface area (Å²) in [5, 5.41) is 5.88. The second-order valence-corrected chi connectivity index (χ2v) is 7.79. The van der Waals surface area contributed by atoms with Crippen LogP contribution < -0.4 is 10.6 Å². The van der Waals surface area contributed by atoms with Crippen LogP contribution in [0.4, 0.5) is 30.4 Å². The average molecular weight is 490 g/mol. The van der Waals surface area contributed by atoms with Crippen LogP contribution in [-0.4, -0.2) is 35.8 Å². The molecule has 0 saturated heterocycles. The number of benzene rings is 1. The number of fused-ring (bicyclic) bond motifs is 1. The molecule has 1 aromatic carbocycles. The van der Waals surface area contributed by atoms with Gasteiger partial charge in [-0.1, -0.05) is 6.07 Å². The fourth-order valence-electron chi connectivity index (χ4n) is 3.55. The molecule has 0 aliphatic carbocycles. The highest BCUT2D eigenvalue weighted by Gasteiger charge is 2.31. The Hall–Kier alpha value is -4.87. The van der Waals surface area contributed by atoms with Crippen molar-refractivity contribution >= 4 is 34.3 Å². The summed E-state index contributed by atoms with van der Waals surface area (Å²) >= 11 is 0.